The van der Waals surface area contributed by atoms with Crippen LogP contribution in [0.2, 0.25) is 0 Å². The van der Waals surface area contributed by atoms with Gasteiger partial charge in [-0.05, 0) is 32.0 Å². The van der Waals surface area contributed by atoms with Gasteiger partial charge in [-0.3, -0.25) is 24.9 Å². The molecule has 3 rings (SSSR count). The first-order valence-electron chi connectivity index (χ1n) is 9.72. The molecule has 1 heterocycles. The van der Waals surface area contributed by atoms with Crippen LogP contribution in [0.1, 0.15) is 29.8 Å². The van der Waals surface area contributed by atoms with Crippen molar-refractivity contribution in [2.24, 2.45) is 0 Å². The third kappa shape index (κ3) is 4.01. The second-order valence-corrected chi connectivity index (χ2v) is 9.26. The summed E-state index contributed by atoms with van der Waals surface area (Å²) in [5.74, 6) is -1.57. The van der Waals surface area contributed by atoms with Gasteiger partial charge >= 0.3 is 0 Å². The van der Waals surface area contributed by atoms with Crippen LogP contribution in [0.3, 0.4) is 0 Å². The number of fused-ring (bicyclic) bond motifs is 1. The molecule has 32 heavy (non-hydrogen) atoms. The Hall–Kier alpha value is -3.51. The zero-order chi connectivity index (χ0) is 23.6. The number of nitrogens with zero attached hydrogens (tertiary/aromatic N) is 2. The van der Waals surface area contributed by atoms with Gasteiger partial charge in [0.2, 0.25) is 0 Å². The lowest BCUT2D eigenvalue weighted by Crippen LogP contribution is -2.56. The van der Waals surface area contributed by atoms with E-state index in [9.17, 15) is 28.1 Å². The number of hydrogen-bond acceptors (Lipinski definition) is 8. The number of nitro benzene ring substituents is 1. The second-order valence-electron chi connectivity index (χ2n) is 7.22. The molecule has 0 spiro atoms. The third-order valence-corrected chi connectivity index (χ3v) is 7.67. The predicted octanol–water partition coefficient (Wildman–Crippen LogP) is 1.40. The Morgan fingerprint density at radius 2 is 1.91 bits per heavy atom. The molecule has 0 radical (unpaired) electrons. The number of para-hydroxylation sites is 1. The first-order chi connectivity index (χ1) is 15.1. The minimum absolute atomic E-state index is 0.0853. The lowest BCUT2D eigenvalue weighted by Gasteiger charge is -2.40. The number of nitrogens with one attached hydrogen (secondary N) is 2. The molecule has 2 amide bonds. The monoisotopic (exact) mass is 462 g/mol. The van der Waals surface area contributed by atoms with Crippen molar-refractivity contribution in [2.75, 3.05) is 11.4 Å². The van der Waals surface area contributed by atoms with E-state index in [1.807, 2.05) is 0 Å². The van der Waals surface area contributed by atoms with Gasteiger partial charge < -0.3 is 10.2 Å². The van der Waals surface area contributed by atoms with E-state index in [0.29, 0.717) is 12.1 Å². The van der Waals surface area contributed by atoms with Crippen LogP contribution < -0.4 is 15.7 Å². The van der Waals surface area contributed by atoms with E-state index < -0.39 is 37.9 Å². The predicted molar refractivity (Wildman–Crippen MR) is 114 cm³/mol. The molecule has 0 saturated carbocycles. The summed E-state index contributed by atoms with van der Waals surface area (Å²) in [6.07, 6.45) is 0. The van der Waals surface area contributed by atoms with E-state index in [-0.39, 0.29) is 28.4 Å². The van der Waals surface area contributed by atoms with Gasteiger partial charge in [0.25, 0.3) is 17.5 Å². The van der Waals surface area contributed by atoms with Crippen molar-refractivity contribution in [3.8, 4) is 0 Å². The molecule has 0 aromatic heterocycles. The summed E-state index contributed by atoms with van der Waals surface area (Å²) in [4.78, 5) is 36.9. The number of benzene rings is 2. The van der Waals surface area contributed by atoms with Crippen molar-refractivity contribution in [3.05, 3.63) is 63.7 Å². The molecule has 2 unspecified atom stereocenters. The van der Waals surface area contributed by atoms with E-state index in [1.165, 1.54) is 41.9 Å². The highest BCUT2D eigenvalue weighted by Gasteiger charge is 2.46. The molecule has 1 aliphatic rings. The van der Waals surface area contributed by atoms with Gasteiger partial charge in [-0.2, -0.15) is 0 Å². The maximum atomic E-state index is 13.0. The fraction of sp³-hybridized carbons (Fsp3) is 0.300. The quantitative estimate of drug-likeness (QED) is 0.330. The number of anilines is 1. The van der Waals surface area contributed by atoms with Crippen LogP contribution in [-0.4, -0.2) is 48.2 Å². The Labute approximate surface area is 184 Å². The average Bonchev–Trinajstić information content (AvgIpc) is 2.77. The van der Waals surface area contributed by atoms with Crippen LogP contribution in [0.15, 0.2) is 47.4 Å². The summed E-state index contributed by atoms with van der Waals surface area (Å²) >= 11 is 0. The maximum Gasteiger partial charge on any atom is 0.274 e. The lowest BCUT2D eigenvalue weighted by molar-refractivity contribution is -0.385. The second kappa shape index (κ2) is 8.93. The SMILES string of the molecule is CCN1c2cc(C(=O)NCc3ccccc3[N+](=O)[O-])ccc2S(=O)(=O)C(C(=O)NO)C1C. The number of carbonyl (C=O) groups excluding carboxylic acids is 2. The molecule has 2 aromatic rings. The molecule has 0 saturated heterocycles. The summed E-state index contributed by atoms with van der Waals surface area (Å²) in [6, 6.07) is 9.19. The van der Waals surface area contributed by atoms with Gasteiger partial charge in [0.1, 0.15) is 0 Å². The molecule has 0 bridgehead atoms. The van der Waals surface area contributed by atoms with Gasteiger partial charge in [0.15, 0.2) is 15.1 Å². The van der Waals surface area contributed by atoms with Crippen molar-refractivity contribution in [2.45, 2.75) is 36.6 Å². The average molecular weight is 462 g/mol. The summed E-state index contributed by atoms with van der Waals surface area (Å²) in [6.45, 7) is 3.58. The molecule has 11 nitrogen and oxygen atoms in total. The molecule has 0 fully saturated rings. The van der Waals surface area contributed by atoms with Crippen molar-refractivity contribution < 1.29 is 28.1 Å². The van der Waals surface area contributed by atoms with Gasteiger partial charge in [0, 0.05) is 30.3 Å². The molecule has 3 N–H and O–H groups in total. The van der Waals surface area contributed by atoms with Crippen LogP contribution in [0.25, 0.3) is 0 Å². The molecule has 1 aliphatic heterocycles. The molecule has 170 valence electrons. The minimum Gasteiger partial charge on any atom is -0.366 e. The zero-order valence-corrected chi connectivity index (χ0v) is 18.1. The van der Waals surface area contributed by atoms with E-state index in [2.05, 4.69) is 5.32 Å². The van der Waals surface area contributed by atoms with Crippen molar-refractivity contribution in [3.63, 3.8) is 0 Å². The van der Waals surface area contributed by atoms with Crippen LogP contribution in [0, 0.1) is 10.1 Å². The molecular formula is C20H22N4O7S. The molecule has 2 atom stereocenters. The Morgan fingerprint density at radius 1 is 1.22 bits per heavy atom. The summed E-state index contributed by atoms with van der Waals surface area (Å²) in [7, 11) is -4.12. The number of sulfone groups is 1. The smallest absolute Gasteiger partial charge is 0.274 e. The highest BCUT2D eigenvalue weighted by atomic mass is 32.2. The van der Waals surface area contributed by atoms with Crippen LogP contribution in [0.5, 0.6) is 0 Å². The minimum atomic E-state index is -4.12. The largest absolute Gasteiger partial charge is 0.366 e. The Balaban J connectivity index is 1.93. The van der Waals surface area contributed by atoms with Gasteiger partial charge in [0.05, 0.1) is 21.5 Å². The topological polar surface area (TPSA) is 159 Å². The standard InChI is InChI=1S/C20H22N4O7S/c1-3-23-12(2)18(20(26)22-27)32(30,31)17-9-8-13(10-16(17)23)19(25)21-11-14-6-4-5-7-15(14)24(28)29/h4-10,12,18,27H,3,11H2,1-2H3,(H,21,25)(H,22,26). The number of amides is 2. The number of rotatable bonds is 6. The first-order valence-corrected chi connectivity index (χ1v) is 11.3. The number of carbonyl (C=O) groups is 2. The number of hydrogen-bond donors (Lipinski definition) is 3. The van der Waals surface area contributed by atoms with Crippen LogP contribution >= 0.6 is 0 Å². The van der Waals surface area contributed by atoms with Crippen molar-refractivity contribution in [1.29, 1.82) is 0 Å². The fourth-order valence-electron chi connectivity index (χ4n) is 3.90. The summed E-state index contributed by atoms with van der Waals surface area (Å²) in [5, 5.41) is 21.2. The van der Waals surface area contributed by atoms with Gasteiger partial charge in [-0.25, -0.2) is 13.9 Å². The lowest BCUT2D eigenvalue weighted by atomic mass is 10.1. The van der Waals surface area contributed by atoms with E-state index in [0.717, 1.165) is 0 Å². The zero-order valence-electron chi connectivity index (χ0n) is 17.3. The van der Waals surface area contributed by atoms with Gasteiger partial charge in [-0.15, -0.1) is 0 Å². The summed E-state index contributed by atoms with van der Waals surface area (Å²) in [5.41, 5.74) is 2.04. The van der Waals surface area contributed by atoms with E-state index >= 15 is 0 Å². The normalized spacial score (nSPS) is 19.0. The maximum absolute atomic E-state index is 13.0. The summed E-state index contributed by atoms with van der Waals surface area (Å²) < 4.78 is 26.0. The highest BCUT2D eigenvalue weighted by Crippen LogP contribution is 2.38. The Morgan fingerprint density at radius 3 is 2.53 bits per heavy atom. The van der Waals surface area contributed by atoms with Crippen LogP contribution in [0.4, 0.5) is 11.4 Å². The molecule has 12 heteroatoms. The molecule has 2 aromatic carbocycles. The fourth-order valence-corrected chi connectivity index (χ4v) is 5.90. The van der Waals surface area contributed by atoms with Crippen molar-refractivity contribution >= 4 is 33.0 Å². The number of hydroxylamine groups is 1. The van der Waals surface area contributed by atoms with E-state index in [4.69, 9.17) is 5.21 Å². The Kier molecular flexibility index (Phi) is 6.46. The third-order valence-electron chi connectivity index (χ3n) is 5.44. The van der Waals surface area contributed by atoms with Gasteiger partial charge in [-0.1, -0.05) is 18.2 Å². The first kappa shape index (κ1) is 23.2. The van der Waals surface area contributed by atoms with Crippen molar-refractivity contribution in [1.82, 2.24) is 10.8 Å². The highest BCUT2D eigenvalue weighted by molar-refractivity contribution is 7.93. The molecular weight excluding hydrogens is 440 g/mol. The number of nitro groups is 1. The Bertz CT molecular complexity index is 1180. The molecule has 0 aliphatic carbocycles. The van der Waals surface area contributed by atoms with Crippen LogP contribution in [-0.2, 0) is 21.2 Å². The van der Waals surface area contributed by atoms with E-state index in [1.54, 1.807) is 24.8 Å².